The lowest BCUT2D eigenvalue weighted by Crippen LogP contribution is -2.14. The van der Waals surface area contributed by atoms with Gasteiger partial charge in [-0.2, -0.15) is 0 Å². The third-order valence-corrected chi connectivity index (χ3v) is 5.55. The molecule has 142 valence electrons. The van der Waals surface area contributed by atoms with Gasteiger partial charge in [-0.3, -0.25) is 4.72 Å². The highest BCUT2D eigenvalue weighted by Crippen LogP contribution is 2.32. The Morgan fingerprint density at radius 1 is 0.963 bits per heavy atom. The van der Waals surface area contributed by atoms with Crippen LogP contribution >= 0.6 is 0 Å². The van der Waals surface area contributed by atoms with Gasteiger partial charge >= 0.3 is 0 Å². The average molecular weight is 388 g/mol. The topological polar surface area (TPSA) is 90.7 Å². The number of aryl methyl sites for hydroxylation is 2. The van der Waals surface area contributed by atoms with Gasteiger partial charge in [0.25, 0.3) is 10.0 Å². The van der Waals surface area contributed by atoms with Crippen molar-refractivity contribution in [1.29, 1.82) is 0 Å². The first-order chi connectivity index (χ1) is 12.8. The summed E-state index contributed by atoms with van der Waals surface area (Å²) < 4.78 is 44.1. The van der Waals surface area contributed by atoms with Crippen molar-refractivity contribution in [3.8, 4) is 22.8 Å². The van der Waals surface area contributed by atoms with E-state index in [2.05, 4.69) is 9.88 Å². The number of benzene rings is 2. The van der Waals surface area contributed by atoms with E-state index in [0.717, 1.165) is 5.69 Å². The molecule has 3 aromatic rings. The van der Waals surface area contributed by atoms with E-state index >= 15 is 0 Å². The summed E-state index contributed by atoms with van der Waals surface area (Å²) in [5.41, 5.74) is 2.34. The fourth-order valence-corrected chi connectivity index (χ4v) is 3.97. The average Bonchev–Trinajstić information content (AvgIpc) is 3.07. The van der Waals surface area contributed by atoms with E-state index in [-0.39, 0.29) is 4.90 Å². The summed E-state index contributed by atoms with van der Waals surface area (Å²) in [5, 5.41) is 3.84. The molecule has 7 nitrogen and oxygen atoms in total. The van der Waals surface area contributed by atoms with Crippen LogP contribution in [0.15, 0.2) is 51.9 Å². The third kappa shape index (κ3) is 3.90. The minimum absolute atomic E-state index is 0.156. The monoisotopic (exact) mass is 388 g/mol. The number of ether oxygens (including phenoxy) is 2. The van der Waals surface area contributed by atoms with Crippen molar-refractivity contribution < 1.29 is 22.4 Å². The zero-order valence-electron chi connectivity index (χ0n) is 15.4. The molecule has 2 aromatic carbocycles. The van der Waals surface area contributed by atoms with Crippen LogP contribution in [0.2, 0.25) is 0 Å². The highest BCUT2D eigenvalue weighted by Gasteiger charge is 2.20. The van der Waals surface area contributed by atoms with Gasteiger partial charge in [-0.25, -0.2) is 8.42 Å². The molecule has 0 fully saturated rings. The largest absolute Gasteiger partial charge is 0.493 e. The fraction of sp³-hybridized carbons (Fsp3) is 0.211. The second kappa shape index (κ2) is 7.32. The lowest BCUT2D eigenvalue weighted by Gasteiger charge is -2.13. The van der Waals surface area contributed by atoms with Gasteiger partial charge < -0.3 is 14.0 Å². The number of hydrogen-bond acceptors (Lipinski definition) is 6. The van der Waals surface area contributed by atoms with Crippen LogP contribution in [-0.2, 0) is 10.0 Å². The second-order valence-electron chi connectivity index (χ2n) is 5.99. The molecule has 0 spiro atoms. The number of anilines is 1. The maximum absolute atomic E-state index is 12.9. The quantitative estimate of drug-likeness (QED) is 0.691. The number of nitrogens with one attached hydrogen (secondary N) is 1. The van der Waals surface area contributed by atoms with E-state index in [4.69, 9.17) is 14.0 Å². The molecule has 3 rings (SSSR count). The van der Waals surface area contributed by atoms with Gasteiger partial charge in [0, 0.05) is 17.7 Å². The molecular formula is C19H20N2O5S. The normalized spacial score (nSPS) is 11.3. The summed E-state index contributed by atoms with van der Waals surface area (Å²) in [6.07, 6.45) is 0. The SMILES string of the molecule is COc1ccc(NS(=O)(=O)c2cc(-c3cc(C)no3)ccc2C)cc1OC. The Hall–Kier alpha value is -3.00. The van der Waals surface area contributed by atoms with Crippen molar-refractivity contribution in [1.82, 2.24) is 5.16 Å². The predicted molar refractivity (Wildman–Crippen MR) is 102 cm³/mol. The Morgan fingerprint density at radius 3 is 2.33 bits per heavy atom. The standard InChI is InChI=1S/C19H20N2O5S/c1-12-5-6-14(17-9-13(2)20-26-17)10-19(12)27(22,23)21-15-7-8-16(24-3)18(11-15)25-4/h5-11,21H,1-4H3. The number of aromatic nitrogens is 1. The fourth-order valence-electron chi connectivity index (χ4n) is 2.65. The molecule has 0 saturated heterocycles. The first-order valence-corrected chi connectivity index (χ1v) is 9.61. The van der Waals surface area contributed by atoms with Gasteiger partial charge in [-0.1, -0.05) is 17.3 Å². The highest BCUT2D eigenvalue weighted by atomic mass is 32.2. The highest BCUT2D eigenvalue weighted by molar-refractivity contribution is 7.92. The van der Waals surface area contributed by atoms with Gasteiger partial charge in [0.05, 0.1) is 30.5 Å². The molecule has 1 N–H and O–H groups in total. The molecule has 0 bridgehead atoms. The van der Waals surface area contributed by atoms with E-state index in [1.54, 1.807) is 56.3 Å². The van der Waals surface area contributed by atoms with Crippen LogP contribution in [0.25, 0.3) is 11.3 Å². The molecule has 0 aliphatic rings. The maximum atomic E-state index is 12.9. The van der Waals surface area contributed by atoms with Crippen LogP contribution < -0.4 is 14.2 Å². The smallest absolute Gasteiger partial charge is 0.262 e. The van der Waals surface area contributed by atoms with Crippen LogP contribution in [0, 0.1) is 13.8 Å². The minimum Gasteiger partial charge on any atom is -0.493 e. The molecular weight excluding hydrogens is 368 g/mol. The predicted octanol–water partition coefficient (Wildman–Crippen LogP) is 3.78. The summed E-state index contributed by atoms with van der Waals surface area (Å²) in [4.78, 5) is 0.156. The molecule has 27 heavy (non-hydrogen) atoms. The van der Waals surface area contributed by atoms with Crippen LogP contribution in [0.1, 0.15) is 11.3 Å². The second-order valence-corrected chi connectivity index (χ2v) is 7.64. The van der Waals surface area contributed by atoms with E-state index < -0.39 is 10.0 Å². The van der Waals surface area contributed by atoms with E-state index in [1.807, 2.05) is 0 Å². The van der Waals surface area contributed by atoms with Crippen molar-refractivity contribution in [2.24, 2.45) is 0 Å². The molecule has 0 saturated carbocycles. The first-order valence-electron chi connectivity index (χ1n) is 8.13. The molecule has 0 radical (unpaired) electrons. The molecule has 1 aromatic heterocycles. The Balaban J connectivity index is 1.97. The molecule has 0 aliphatic heterocycles. The van der Waals surface area contributed by atoms with Crippen molar-refractivity contribution in [3.63, 3.8) is 0 Å². The van der Waals surface area contributed by atoms with E-state index in [1.165, 1.54) is 14.2 Å². The van der Waals surface area contributed by atoms with Crippen LogP contribution in [0.3, 0.4) is 0 Å². The van der Waals surface area contributed by atoms with Gasteiger partial charge in [-0.15, -0.1) is 0 Å². The van der Waals surface area contributed by atoms with Crippen LogP contribution in [-0.4, -0.2) is 27.8 Å². The zero-order valence-corrected chi connectivity index (χ0v) is 16.3. The molecule has 0 aliphatic carbocycles. The summed E-state index contributed by atoms with van der Waals surface area (Å²) in [7, 11) is -0.816. The molecule has 0 atom stereocenters. The van der Waals surface area contributed by atoms with E-state index in [0.29, 0.717) is 34.1 Å². The van der Waals surface area contributed by atoms with Gasteiger partial charge in [0.1, 0.15) is 0 Å². The summed E-state index contributed by atoms with van der Waals surface area (Å²) in [5.74, 6) is 1.45. The number of nitrogens with zero attached hydrogens (tertiary/aromatic N) is 1. The van der Waals surface area contributed by atoms with Crippen molar-refractivity contribution in [3.05, 3.63) is 53.7 Å². The Kier molecular flexibility index (Phi) is 5.09. The summed E-state index contributed by atoms with van der Waals surface area (Å²) in [6.45, 7) is 3.54. The Labute approximate surface area is 158 Å². The van der Waals surface area contributed by atoms with Crippen LogP contribution in [0.4, 0.5) is 5.69 Å². The number of hydrogen-bond donors (Lipinski definition) is 1. The van der Waals surface area contributed by atoms with Gasteiger partial charge in [0.15, 0.2) is 17.3 Å². The zero-order chi connectivity index (χ0) is 19.6. The lowest BCUT2D eigenvalue weighted by atomic mass is 10.1. The minimum atomic E-state index is -3.82. The molecule has 8 heteroatoms. The van der Waals surface area contributed by atoms with Crippen molar-refractivity contribution in [2.75, 3.05) is 18.9 Å². The molecule has 0 unspecified atom stereocenters. The van der Waals surface area contributed by atoms with Crippen molar-refractivity contribution >= 4 is 15.7 Å². The Bertz CT molecular complexity index is 1070. The lowest BCUT2D eigenvalue weighted by molar-refractivity contribution is 0.355. The first kappa shape index (κ1) is 18.8. The van der Waals surface area contributed by atoms with Gasteiger partial charge in [-0.05, 0) is 37.6 Å². The summed E-state index contributed by atoms with van der Waals surface area (Å²) >= 11 is 0. The Morgan fingerprint density at radius 2 is 1.70 bits per heavy atom. The van der Waals surface area contributed by atoms with Crippen LogP contribution in [0.5, 0.6) is 11.5 Å². The summed E-state index contributed by atoms with van der Waals surface area (Å²) in [6, 6.07) is 11.7. The maximum Gasteiger partial charge on any atom is 0.262 e. The number of rotatable bonds is 6. The van der Waals surface area contributed by atoms with Gasteiger partial charge in [0.2, 0.25) is 0 Å². The molecule has 0 amide bonds. The number of methoxy groups -OCH3 is 2. The third-order valence-electron chi connectivity index (χ3n) is 4.03. The number of sulfonamides is 1. The molecule has 1 heterocycles. The van der Waals surface area contributed by atoms with Crippen molar-refractivity contribution in [2.45, 2.75) is 18.7 Å². The van der Waals surface area contributed by atoms with E-state index in [9.17, 15) is 8.42 Å².